The SMILES string of the molecule is CCCC/C=C/[C@H](C)[C@H](C)C=O. The molecule has 0 unspecified atom stereocenters. The van der Waals surface area contributed by atoms with Gasteiger partial charge >= 0.3 is 0 Å². The van der Waals surface area contributed by atoms with Crippen LogP contribution in [0.4, 0.5) is 0 Å². The summed E-state index contributed by atoms with van der Waals surface area (Å²) in [7, 11) is 0. The van der Waals surface area contributed by atoms with Crippen LogP contribution in [0.1, 0.15) is 40.0 Å². The number of allylic oxidation sites excluding steroid dienone is 2. The lowest BCUT2D eigenvalue weighted by molar-refractivity contribution is -0.111. The van der Waals surface area contributed by atoms with E-state index >= 15 is 0 Å². The van der Waals surface area contributed by atoms with Crippen molar-refractivity contribution in [2.45, 2.75) is 40.0 Å². The molecule has 0 aliphatic heterocycles. The summed E-state index contributed by atoms with van der Waals surface area (Å²) in [4.78, 5) is 10.4. The molecule has 0 bridgehead atoms. The van der Waals surface area contributed by atoms with Gasteiger partial charge in [-0.05, 0) is 12.3 Å². The molecule has 0 radical (unpaired) electrons. The molecule has 1 heteroatoms. The van der Waals surface area contributed by atoms with Crippen molar-refractivity contribution in [2.75, 3.05) is 0 Å². The van der Waals surface area contributed by atoms with Crippen LogP contribution in [0.25, 0.3) is 0 Å². The zero-order valence-electron chi connectivity index (χ0n) is 8.42. The molecule has 0 saturated carbocycles. The Kier molecular flexibility index (Phi) is 6.73. The third-order valence-electron chi connectivity index (χ3n) is 2.21. The molecular weight excluding hydrogens is 148 g/mol. The molecule has 0 rings (SSSR count). The second-order valence-corrected chi connectivity index (χ2v) is 3.42. The van der Waals surface area contributed by atoms with Gasteiger partial charge in [-0.2, -0.15) is 0 Å². The summed E-state index contributed by atoms with van der Waals surface area (Å²) in [6, 6.07) is 0. The van der Waals surface area contributed by atoms with E-state index in [4.69, 9.17) is 0 Å². The van der Waals surface area contributed by atoms with Gasteiger partial charge in [-0.1, -0.05) is 45.8 Å². The van der Waals surface area contributed by atoms with Gasteiger partial charge in [0.15, 0.2) is 0 Å². The van der Waals surface area contributed by atoms with Gasteiger partial charge in [0, 0.05) is 5.92 Å². The van der Waals surface area contributed by atoms with Crippen LogP contribution in [0, 0.1) is 11.8 Å². The van der Waals surface area contributed by atoms with Crippen LogP contribution in [0.15, 0.2) is 12.2 Å². The van der Waals surface area contributed by atoms with E-state index in [0.717, 1.165) is 12.7 Å². The number of aldehydes is 1. The third kappa shape index (κ3) is 5.11. The van der Waals surface area contributed by atoms with Crippen molar-refractivity contribution in [3.05, 3.63) is 12.2 Å². The lowest BCUT2D eigenvalue weighted by Gasteiger charge is -2.07. The molecule has 0 aromatic rings. The molecule has 1 nitrogen and oxygen atoms in total. The second kappa shape index (κ2) is 7.08. The van der Waals surface area contributed by atoms with Crippen molar-refractivity contribution in [1.82, 2.24) is 0 Å². The number of hydrogen-bond acceptors (Lipinski definition) is 1. The smallest absolute Gasteiger partial charge is 0.123 e. The molecule has 0 saturated heterocycles. The van der Waals surface area contributed by atoms with Gasteiger partial charge in [0.05, 0.1) is 0 Å². The van der Waals surface area contributed by atoms with E-state index in [9.17, 15) is 4.79 Å². The van der Waals surface area contributed by atoms with Crippen LogP contribution in [-0.2, 0) is 4.79 Å². The van der Waals surface area contributed by atoms with E-state index in [0.29, 0.717) is 5.92 Å². The number of unbranched alkanes of at least 4 members (excludes halogenated alkanes) is 2. The zero-order chi connectivity index (χ0) is 9.40. The molecule has 0 spiro atoms. The van der Waals surface area contributed by atoms with Gasteiger partial charge in [0.1, 0.15) is 6.29 Å². The predicted molar refractivity (Wildman–Crippen MR) is 53.1 cm³/mol. The zero-order valence-corrected chi connectivity index (χ0v) is 8.42. The van der Waals surface area contributed by atoms with E-state index in [1.807, 2.05) is 6.92 Å². The van der Waals surface area contributed by atoms with Gasteiger partial charge in [-0.25, -0.2) is 0 Å². The van der Waals surface area contributed by atoms with Crippen LogP contribution in [-0.4, -0.2) is 6.29 Å². The molecular formula is C11H20O. The van der Waals surface area contributed by atoms with Crippen LogP contribution in [0.5, 0.6) is 0 Å². The van der Waals surface area contributed by atoms with Crippen molar-refractivity contribution < 1.29 is 4.79 Å². The van der Waals surface area contributed by atoms with E-state index in [1.165, 1.54) is 12.8 Å². The Morgan fingerprint density at radius 2 is 1.92 bits per heavy atom. The fourth-order valence-corrected chi connectivity index (χ4v) is 0.932. The largest absolute Gasteiger partial charge is 0.303 e. The lowest BCUT2D eigenvalue weighted by Crippen LogP contribution is -2.05. The molecule has 0 aromatic heterocycles. The quantitative estimate of drug-likeness (QED) is 0.338. The summed E-state index contributed by atoms with van der Waals surface area (Å²) in [5, 5.41) is 0. The summed E-state index contributed by atoms with van der Waals surface area (Å²) in [6.07, 6.45) is 8.99. The highest BCUT2D eigenvalue weighted by atomic mass is 16.1. The predicted octanol–water partition coefficient (Wildman–Crippen LogP) is 3.20. The molecule has 0 aromatic carbocycles. The van der Waals surface area contributed by atoms with E-state index in [-0.39, 0.29) is 5.92 Å². The standard InChI is InChI=1S/C11H20O/c1-4-5-6-7-8-10(2)11(3)9-12/h7-11H,4-6H2,1-3H3/b8-7+/t10-,11+/m0/s1. The molecule has 2 atom stereocenters. The molecule has 70 valence electrons. The van der Waals surface area contributed by atoms with Gasteiger partial charge in [-0.15, -0.1) is 0 Å². The Bertz CT molecular complexity index is 138. The Balaban J connectivity index is 3.59. The van der Waals surface area contributed by atoms with Crippen molar-refractivity contribution in [3.63, 3.8) is 0 Å². The first-order chi connectivity index (χ1) is 5.72. The number of carbonyl (C=O) groups excluding carboxylic acids is 1. The Hall–Kier alpha value is -0.590. The monoisotopic (exact) mass is 168 g/mol. The summed E-state index contributed by atoms with van der Waals surface area (Å²) >= 11 is 0. The van der Waals surface area contributed by atoms with E-state index < -0.39 is 0 Å². The number of hydrogen-bond donors (Lipinski definition) is 0. The fourth-order valence-electron chi connectivity index (χ4n) is 0.932. The average molecular weight is 168 g/mol. The molecule has 0 amide bonds. The Morgan fingerprint density at radius 1 is 1.25 bits per heavy atom. The maximum Gasteiger partial charge on any atom is 0.123 e. The molecule has 0 aliphatic rings. The normalized spacial score (nSPS) is 16.2. The first-order valence-corrected chi connectivity index (χ1v) is 4.84. The van der Waals surface area contributed by atoms with E-state index in [2.05, 4.69) is 26.0 Å². The highest BCUT2D eigenvalue weighted by Gasteiger charge is 2.05. The topological polar surface area (TPSA) is 17.1 Å². The third-order valence-corrected chi connectivity index (χ3v) is 2.21. The number of rotatable bonds is 6. The molecule has 12 heavy (non-hydrogen) atoms. The van der Waals surface area contributed by atoms with E-state index in [1.54, 1.807) is 0 Å². The fraction of sp³-hybridized carbons (Fsp3) is 0.727. The minimum absolute atomic E-state index is 0.155. The highest BCUT2D eigenvalue weighted by Crippen LogP contribution is 2.10. The van der Waals surface area contributed by atoms with Crippen molar-refractivity contribution in [3.8, 4) is 0 Å². The molecule has 0 aliphatic carbocycles. The van der Waals surface area contributed by atoms with Crippen LogP contribution in [0.3, 0.4) is 0 Å². The Morgan fingerprint density at radius 3 is 2.42 bits per heavy atom. The van der Waals surface area contributed by atoms with Crippen molar-refractivity contribution in [1.29, 1.82) is 0 Å². The molecule has 0 fully saturated rings. The number of carbonyl (C=O) groups is 1. The van der Waals surface area contributed by atoms with Crippen LogP contribution < -0.4 is 0 Å². The highest BCUT2D eigenvalue weighted by molar-refractivity contribution is 5.53. The average Bonchev–Trinajstić information content (AvgIpc) is 2.10. The van der Waals surface area contributed by atoms with Gasteiger partial charge in [0.25, 0.3) is 0 Å². The van der Waals surface area contributed by atoms with Gasteiger partial charge in [0.2, 0.25) is 0 Å². The van der Waals surface area contributed by atoms with Crippen LogP contribution >= 0.6 is 0 Å². The minimum atomic E-state index is 0.155. The summed E-state index contributed by atoms with van der Waals surface area (Å²) < 4.78 is 0. The maximum absolute atomic E-state index is 10.4. The Labute approximate surface area is 75.9 Å². The molecule has 0 heterocycles. The minimum Gasteiger partial charge on any atom is -0.303 e. The van der Waals surface area contributed by atoms with Crippen molar-refractivity contribution in [2.24, 2.45) is 11.8 Å². The first kappa shape index (κ1) is 11.4. The summed E-state index contributed by atoms with van der Waals surface area (Å²) in [5.74, 6) is 0.544. The van der Waals surface area contributed by atoms with Gasteiger partial charge in [-0.3, -0.25) is 0 Å². The molecule has 0 N–H and O–H groups in total. The van der Waals surface area contributed by atoms with Crippen molar-refractivity contribution >= 4 is 6.29 Å². The maximum atomic E-state index is 10.4. The lowest BCUT2D eigenvalue weighted by atomic mass is 9.97. The van der Waals surface area contributed by atoms with Crippen LogP contribution in [0.2, 0.25) is 0 Å². The first-order valence-electron chi connectivity index (χ1n) is 4.84. The second-order valence-electron chi connectivity index (χ2n) is 3.42. The summed E-state index contributed by atoms with van der Waals surface area (Å²) in [6.45, 7) is 6.23. The van der Waals surface area contributed by atoms with Gasteiger partial charge < -0.3 is 4.79 Å². The summed E-state index contributed by atoms with van der Waals surface area (Å²) in [5.41, 5.74) is 0.